The molecule has 1 amide bonds. The molecule has 0 heterocycles. The molecule has 0 radical (unpaired) electrons. The molecule has 0 rings (SSSR count). The van der Waals surface area contributed by atoms with Crippen LogP contribution in [-0.2, 0) is 4.79 Å². The maximum absolute atomic E-state index is 11.7. The van der Waals surface area contributed by atoms with Gasteiger partial charge < -0.3 is 10.6 Å². The summed E-state index contributed by atoms with van der Waals surface area (Å²) in [7, 11) is 1.85. The van der Waals surface area contributed by atoms with Crippen LogP contribution in [0.25, 0.3) is 0 Å². The van der Waals surface area contributed by atoms with E-state index in [1.807, 2.05) is 7.05 Å². The lowest BCUT2D eigenvalue weighted by Gasteiger charge is -2.21. The highest BCUT2D eigenvalue weighted by Crippen LogP contribution is 2.08. The molecule has 0 saturated heterocycles. The standard InChI is InChI=1S/C10H22N2O/c1-4-6-9(8-11)10(13)12(3)7-5-2/h9H,4-8,11H2,1-3H3. The van der Waals surface area contributed by atoms with Gasteiger partial charge in [0.15, 0.2) is 0 Å². The highest BCUT2D eigenvalue weighted by Gasteiger charge is 2.18. The van der Waals surface area contributed by atoms with Gasteiger partial charge in [-0.2, -0.15) is 0 Å². The Bertz CT molecular complexity index is 148. The lowest BCUT2D eigenvalue weighted by Crippen LogP contribution is -2.36. The fourth-order valence-electron chi connectivity index (χ4n) is 1.45. The first-order valence-electron chi connectivity index (χ1n) is 5.12. The highest BCUT2D eigenvalue weighted by atomic mass is 16.2. The molecule has 1 atom stereocenters. The zero-order chi connectivity index (χ0) is 10.3. The van der Waals surface area contributed by atoms with Crippen molar-refractivity contribution in [3.05, 3.63) is 0 Å². The van der Waals surface area contributed by atoms with Gasteiger partial charge in [-0.1, -0.05) is 20.3 Å². The maximum Gasteiger partial charge on any atom is 0.226 e. The molecule has 0 aromatic carbocycles. The molecule has 0 bridgehead atoms. The lowest BCUT2D eigenvalue weighted by molar-refractivity contribution is -0.134. The third-order valence-corrected chi connectivity index (χ3v) is 2.21. The monoisotopic (exact) mass is 186 g/mol. The average molecular weight is 186 g/mol. The van der Waals surface area contributed by atoms with Gasteiger partial charge in [-0.05, 0) is 12.8 Å². The van der Waals surface area contributed by atoms with Crippen molar-refractivity contribution in [3.8, 4) is 0 Å². The molecule has 0 aliphatic heterocycles. The summed E-state index contributed by atoms with van der Waals surface area (Å²) in [6.07, 6.45) is 2.93. The molecule has 0 aromatic rings. The molecule has 13 heavy (non-hydrogen) atoms. The van der Waals surface area contributed by atoms with Crippen LogP contribution in [0.15, 0.2) is 0 Å². The van der Waals surface area contributed by atoms with Crippen molar-refractivity contribution in [2.24, 2.45) is 11.7 Å². The number of rotatable bonds is 6. The first-order chi connectivity index (χ1) is 6.17. The maximum atomic E-state index is 11.7. The summed E-state index contributed by atoms with van der Waals surface area (Å²) in [6.45, 7) is 5.45. The summed E-state index contributed by atoms with van der Waals surface area (Å²) < 4.78 is 0. The van der Waals surface area contributed by atoms with E-state index in [1.165, 1.54) is 0 Å². The Labute approximate surface area is 81.3 Å². The summed E-state index contributed by atoms with van der Waals surface area (Å²) in [5, 5.41) is 0. The lowest BCUT2D eigenvalue weighted by atomic mass is 10.0. The van der Waals surface area contributed by atoms with Crippen LogP contribution < -0.4 is 5.73 Å². The summed E-state index contributed by atoms with van der Waals surface area (Å²) in [4.78, 5) is 13.5. The minimum atomic E-state index is 0.0292. The van der Waals surface area contributed by atoms with Gasteiger partial charge in [-0.25, -0.2) is 0 Å². The predicted molar refractivity (Wildman–Crippen MR) is 55.4 cm³/mol. The molecule has 0 spiro atoms. The molecule has 0 fully saturated rings. The van der Waals surface area contributed by atoms with E-state index >= 15 is 0 Å². The van der Waals surface area contributed by atoms with E-state index in [-0.39, 0.29) is 11.8 Å². The number of carbonyl (C=O) groups is 1. The Balaban J connectivity index is 4.02. The Hall–Kier alpha value is -0.570. The quantitative estimate of drug-likeness (QED) is 0.678. The second-order valence-corrected chi connectivity index (χ2v) is 3.48. The minimum Gasteiger partial charge on any atom is -0.345 e. The first-order valence-corrected chi connectivity index (χ1v) is 5.12. The van der Waals surface area contributed by atoms with Gasteiger partial charge >= 0.3 is 0 Å². The van der Waals surface area contributed by atoms with Crippen LogP contribution in [0.3, 0.4) is 0 Å². The molecule has 0 aromatic heterocycles. The van der Waals surface area contributed by atoms with Crippen molar-refractivity contribution in [3.63, 3.8) is 0 Å². The van der Waals surface area contributed by atoms with Crippen LogP contribution in [0.1, 0.15) is 33.1 Å². The van der Waals surface area contributed by atoms with Gasteiger partial charge in [0, 0.05) is 20.1 Å². The molecule has 2 N–H and O–H groups in total. The van der Waals surface area contributed by atoms with E-state index in [1.54, 1.807) is 4.90 Å². The van der Waals surface area contributed by atoms with Crippen LogP contribution in [0, 0.1) is 5.92 Å². The van der Waals surface area contributed by atoms with Crippen LogP contribution in [-0.4, -0.2) is 30.9 Å². The Kier molecular flexibility index (Phi) is 6.59. The van der Waals surface area contributed by atoms with Gasteiger partial charge in [0.05, 0.1) is 5.92 Å². The van der Waals surface area contributed by atoms with Crippen LogP contribution in [0.5, 0.6) is 0 Å². The Morgan fingerprint density at radius 3 is 2.38 bits per heavy atom. The van der Waals surface area contributed by atoms with E-state index in [9.17, 15) is 4.79 Å². The fraction of sp³-hybridized carbons (Fsp3) is 0.900. The van der Waals surface area contributed by atoms with E-state index in [4.69, 9.17) is 5.73 Å². The van der Waals surface area contributed by atoms with Crippen molar-refractivity contribution in [1.82, 2.24) is 4.90 Å². The predicted octanol–water partition coefficient (Wildman–Crippen LogP) is 1.23. The second kappa shape index (κ2) is 6.89. The van der Waals surface area contributed by atoms with Gasteiger partial charge in [0.2, 0.25) is 5.91 Å². The average Bonchev–Trinajstić information content (AvgIpc) is 2.13. The van der Waals surface area contributed by atoms with Crippen molar-refractivity contribution >= 4 is 5.91 Å². The summed E-state index contributed by atoms with van der Waals surface area (Å²) in [5.41, 5.74) is 5.55. The topological polar surface area (TPSA) is 46.3 Å². The third kappa shape index (κ3) is 4.27. The van der Waals surface area contributed by atoms with Crippen molar-refractivity contribution in [2.75, 3.05) is 20.1 Å². The Morgan fingerprint density at radius 2 is 2.00 bits per heavy atom. The van der Waals surface area contributed by atoms with Gasteiger partial charge in [-0.15, -0.1) is 0 Å². The summed E-state index contributed by atoms with van der Waals surface area (Å²) >= 11 is 0. The van der Waals surface area contributed by atoms with Gasteiger partial charge in [-0.3, -0.25) is 4.79 Å². The smallest absolute Gasteiger partial charge is 0.226 e. The molecule has 0 saturated carbocycles. The number of nitrogens with zero attached hydrogens (tertiary/aromatic N) is 1. The number of hydrogen-bond acceptors (Lipinski definition) is 2. The Morgan fingerprint density at radius 1 is 1.38 bits per heavy atom. The van der Waals surface area contributed by atoms with E-state index in [2.05, 4.69) is 13.8 Å². The van der Waals surface area contributed by atoms with E-state index < -0.39 is 0 Å². The van der Waals surface area contributed by atoms with Gasteiger partial charge in [0.25, 0.3) is 0 Å². The highest BCUT2D eigenvalue weighted by molar-refractivity contribution is 5.78. The molecular weight excluding hydrogens is 164 g/mol. The zero-order valence-electron chi connectivity index (χ0n) is 9.05. The van der Waals surface area contributed by atoms with Crippen LogP contribution in [0.2, 0.25) is 0 Å². The fourth-order valence-corrected chi connectivity index (χ4v) is 1.45. The molecule has 0 aliphatic carbocycles. The number of nitrogens with two attached hydrogens (primary N) is 1. The minimum absolute atomic E-state index is 0.0292. The van der Waals surface area contributed by atoms with E-state index in [0.29, 0.717) is 6.54 Å². The van der Waals surface area contributed by atoms with E-state index in [0.717, 1.165) is 25.8 Å². The van der Waals surface area contributed by atoms with Crippen LogP contribution in [0.4, 0.5) is 0 Å². The van der Waals surface area contributed by atoms with Crippen molar-refractivity contribution in [2.45, 2.75) is 33.1 Å². The molecule has 3 heteroatoms. The number of amides is 1. The molecular formula is C10H22N2O. The first kappa shape index (κ1) is 12.4. The second-order valence-electron chi connectivity index (χ2n) is 3.48. The summed E-state index contributed by atoms with van der Waals surface area (Å²) in [5.74, 6) is 0.229. The SMILES string of the molecule is CCCC(CN)C(=O)N(C)CCC. The van der Waals surface area contributed by atoms with Crippen LogP contribution >= 0.6 is 0 Å². The van der Waals surface area contributed by atoms with Crippen molar-refractivity contribution in [1.29, 1.82) is 0 Å². The summed E-state index contributed by atoms with van der Waals surface area (Å²) in [6, 6.07) is 0. The molecule has 1 unspecified atom stereocenters. The molecule has 3 nitrogen and oxygen atoms in total. The van der Waals surface area contributed by atoms with Crippen molar-refractivity contribution < 1.29 is 4.79 Å². The van der Waals surface area contributed by atoms with Gasteiger partial charge in [0.1, 0.15) is 0 Å². The molecule has 0 aliphatic rings. The largest absolute Gasteiger partial charge is 0.345 e. The molecule has 78 valence electrons. The normalized spacial score (nSPS) is 12.6. The number of carbonyl (C=O) groups excluding carboxylic acids is 1. The number of hydrogen-bond donors (Lipinski definition) is 1. The third-order valence-electron chi connectivity index (χ3n) is 2.21. The zero-order valence-corrected chi connectivity index (χ0v) is 9.05.